The van der Waals surface area contributed by atoms with Gasteiger partial charge in [0.05, 0.1) is 23.1 Å². The van der Waals surface area contributed by atoms with Crippen molar-refractivity contribution < 1.29 is 32.3 Å². The van der Waals surface area contributed by atoms with Crippen molar-refractivity contribution in [1.82, 2.24) is 9.21 Å². The Bertz CT molecular complexity index is 1080. The number of nitrogens with zero attached hydrogens (tertiary/aromatic N) is 2. The fourth-order valence-corrected chi connectivity index (χ4v) is 6.56. The molecule has 0 radical (unpaired) electrons. The van der Waals surface area contributed by atoms with Crippen LogP contribution in [-0.2, 0) is 29.1 Å². The number of nitrogens with one attached hydrogen (secondary N) is 1. The summed E-state index contributed by atoms with van der Waals surface area (Å²) in [5, 5.41) is 2.68. The molecule has 1 aromatic carbocycles. The number of fused-ring (bicyclic) bond motifs is 1. The standard InChI is InChI=1S/C23H31N3O7S/c1-3-32-23(29)17-5-4-8-25(13-17)22(28)16-6-9-26(10-7-16)34(30,31)20-12-19-18(11-15(20)2)24-21(27)14-33-19/h11-12,16-17H,3-10,13-14H2,1-2H3,(H,24,27)/t17-/m1/s1. The number of anilines is 1. The molecule has 34 heavy (non-hydrogen) atoms. The number of hydrogen-bond acceptors (Lipinski definition) is 7. The van der Waals surface area contributed by atoms with Gasteiger partial charge in [-0.2, -0.15) is 4.31 Å². The molecule has 2 fully saturated rings. The van der Waals surface area contributed by atoms with Gasteiger partial charge in [-0.1, -0.05) is 0 Å². The van der Waals surface area contributed by atoms with Crippen molar-refractivity contribution in [2.45, 2.75) is 44.4 Å². The normalized spacial score (nSPS) is 21.9. The smallest absolute Gasteiger partial charge is 0.310 e. The van der Waals surface area contributed by atoms with Crippen LogP contribution in [0.2, 0.25) is 0 Å². The summed E-state index contributed by atoms with van der Waals surface area (Å²) in [7, 11) is -3.79. The van der Waals surface area contributed by atoms with Gasteiger partial charge in [0.1, 0.15) is 5.75 Å². The minimum absolute atomic E-state index is 0.0138. The number of esters is 1. The van der Waals surface area contributed by atoms with E-state index in [-0.39, 0.29) is 54.2 Å². The summed E-state index contributed by atoms with van der Waals surface area (Å²) >= 11 is 0. The SMILES string of the molecule is CCOC(=O)[C@@H]1CCCN(C(=O)C2CCN(S(=O)(=O)c3cc4c(cc3C)NC(=O)CO4)CC2)C1. The summed E-state index contributed by atoms with van der Waals surface area (Å²) in [4.78, 5) is 38.6. The number of ether oxygens (including phenoxy) is 2. The molecule has 0 aliphatic carbocycles. The summed E-state index contributed by atoms with van der Waals surface area (Å²) in [5.74, 6) is -0.788. The number of carbonyl (C=O) groups is 3. The largest absolute Gasteiger partial charge is 0.482 e. The van der Waals surface area contributed by atoms with E-state index >= 15 is 0 Å². The Kier molecular flexibility index (Phi) is 7.13. The highest BCUT2D eigenvalue weighted by Crippen LogP contribution is 2.35. The van der Waals surface area contributed by atoms with Crippen LogP contribution in [-0.4, -0.2) is 74.8 Å². The maximum atomic E-state index is 13.4. The molecule has 186 valence electrons. The number of piperidine rings is 2. The second kappa shape index (κ2) is 9.91. The highest BCUT2D eigenvalue weighted by atomic mass is 32.2. The van der Waals surface area contributed by atoms with Gasteiger partial charge in [-0.05, 0) is 51.2 Å². The summed E-state index contributed by atoms with van der Waals surface area (Å²) in [6.45, 7) is 5.06. The predicted octanol–water partition coefficient (Wildman–Crippen LogP) is 1.53. The zero-order valence-electron chi connectivity index (χ0n) is 19.5. The Hall–Kier alpha value is -2.66. The molecule has 0 bridgehead atoms. The zero-order chi connectivity index (χ0) is 24.5. The molecule has 10 nitrogen and oxygen atoms in total. The molecule has 2 saturated heterocycles. The van der Waals surface area contributed by atoms with Gasteiger partial charge in [0, 0.05) is 38.2 Å². The van der Waals surface area contributed by atoms with Crippen LogP contribution in [0, 0.1) is 18.8 Å². The Morgan fingerprint density at radius 3 is 2.59 bits per heavy atom. The monoisotopic (exact) mass is 493 g/mol. The molecule has 1 atom stereocenters. The van der Waals surface area contributed by atoms with Crippen molar-refractivity contribution in [3.8, 4) is 5.75 Å². The van der Waals surface area contributed by atoms with Crippen molar-refractivity contribution in [2.75, 3.05) is 44.7 Å². The number of sulfonamides is 1. The predicted molar refractivity (Wildman–Crippen MR) is 123 cm³/mol. The topological polar surface area (TPSA) is 122 Å². The van der Waals surface area contributed by atoms with Gasteiger partial charge in [0.2, 0.25) is 15.9 Å². The van der Waals surface area contributed by atoms with E-state index in [1.54, 1.807) is 24.8 Å². The number of carbonyl (C=O) groups excluding carboxylic acids is 3. The summed E-state index contributed by atoms with van der Waals surface area (Å²) < 4.78 is 38.6. The molecule has 0 unspecified atom stereocenters. The second-order valence-electron chi connectivity index (χ2n) is 9.00. The van der Waals surface area contributed by atoms with Gasteiger partial charge >= 0.3 is 5.97 Å². The van der Waals surface area contributed by atoms with Gasteiger partial charge in [-0.25, -0.2) is 8.42 Å². The first-order chi connectivity index (χ1) is 16.2. The van der Waals surface area contributed by atoms with Crippen LogP contribution < -0.4 is 10.1 Å². The third-order valence-electron chi connectivity index (χ3n) is 6.68. The van der Waals surface area contributed by atoms with Crippen LogP contribution in [0.1, 0.15) is 38.2 Å². The lowest BCUT2D eigenvalue weighted by molar-refractivity contribution is -0.152. The first-order valence-electron chi connectivity index (χ1n) is 11.7. The average molecular weight is 494 g/mol. The van der Waals surface area contributed by atoms with Crippen LogP contribution in [0.25, 0.3) is 0 Å². The van der Waals surface area contributed by atoms with E-state index in [0.717, 1.165) is 6.42 Å². The van der Waals surface area contributed by atoms with Crippen molar-refractivity contribution in [3.63, 3.8) is 0 Å². The number of rotatable bonds is 5. The number of amides is 2. The number of aryl methyl sites for hydroxylation is 1. The van der Waals surface area contributed by atoms with E-state index in [4.69, 9.17) is 9.47 Å². The molecule has 3 aliphatic rings. The molecule has 0 spiro atoms. The number of likely N-dealkylation sites (tertiary alicyclic amines) is 1. The Morgan fingerprint density at radius 1 is 1.15 bits per heavy atom. The van der Waals surface area contributed by atoms with E-state index in [1.165, 1.54) is 10.4 Å². The quantitative estimate of drug-likeness (QED) is 0.617. The average Bonchev–Trinajstić information content (AvgIpc) is 2.83. The molecule has 0 aromatic heterocycles. The van der Waals surface area contributed by atoms with Crippen molar-refractivity contribution in [1.29, 1.82) is 0 Å². The van der Waals surface area contributed by atoms with Crippen LogP contribution in [0.5, 0.6) is 5.75 Å². The Morgan fingerprint density at radius 2 is 1.88 bits per heavy atom. The lowest BCUT2D eigenvalue weighted by Gasteiger charge is -2.37. The van der Waals surface area contributed by atoms with Gasteiger partial charge in [0.25, 0.3) is 5.91 Å². The van der Waals surface area contributed by atoms with Crippen LogP contribution in [0.15, 0.2) is 17.0 Å². The van der Waals surface area contributed by atoms with Crippen molar-refractivity contribution in [3.05, 3.63) is 17.7 Å². The highest BCUT2D eigenvalue weighted by Gasteiger charge is 2.37. The molecule has 11 heteroatoms. The third-order valence-corrected chi connectivity index (χ3v) is 8.72. The molecular weight excluding hydrogens is 462 g/mol. The van der Waals surface area contributed by atoms with E-state index in [0.29, 0.717) is 56.0 Å². The van der Waals surface area contributed by atoms with E-state index in [2.05, 4.69) is 5.32 Å². The molecule has 2 amide bonds. The van der Waals surface area contributed by atoms with E-state index < -0.39 is 10.0 Å². The first-order valence-corrected chi connectivity index (χ1v) is 13.2. The fraction of sp³-hybridized carbons (Fsp3) is 0.609. The first kappa shape index (κ1) is 24.5. The van der Waals surface area contributed by atoms with Gasteiger partial charge in [-0.15, -0.1) is 0 Å². The molecule has 4 rings (SSSR count). The molecule has 1 aromatic rings. The number of benzene rings is 1. The third kappa shape index (κ3) is 4.90. The Labute approximate surface area is 199 Å². The minimum atomic E-state index is -3.79. The molecule has 0 saturated carbocycles. The zero-order valence-corrected chi connectivity index (χ0v) is 20.4. The lowest BCUT2D eigenvalue weighted by Crippen LogP contribution is -2.48. The fourth-order valence-electron chi connectivity index (χ4n) is 4.86. The minimum Gasteiger partial charge on any atom is -0.482 e. The van der Waals surface area contributed by atoms with Gasteiger partial charge in [0.15, 0.2) is 6.61 Å². The van der Waals surface area contributed by atoms with E-state index in [9.17, 15) is 22.8 Å². The summed E-state index contributed by atoms with van der Waals surface area (Å²) in [6, 6.07) is 3.06. The van der Waals surface area contributed by atoms with Gasteiger partial charge < -0.3 is 19.7 Å². The van der Waals surface area contributed by atoms with E-state index in [1.807, 2.05) is 0 Å². The van der Waals surface area contributed by atoms with Gasteiger partial charge in [-0.3, -0.25) is 14.4 Å². The molecule has 1 N–H and O–H groups in total. The van der Waals surface area contributed by atoms with Crippen molar-refractivity contribution in [2.24, 2.45) is 11.8 Å². The second-order valence-corrected chi connectivity index (χ2v) is 10.9. The maximum Gasteiger partial charge on any atom is 0.310 e. The lowest BCUT2D eigenvalue weighted by atomic mass is 9.93. The Balaban J connectivity index is 1.40. The maximum absolute atomic E-state index is 13.4. The summed E-state index contributed by atoms with van der Waals surface area (Å²) in [6.07, 6.45) is 2.32. The summed E-state index contributed by atoms with van der Waals surface area (Å²) in [5.41, 5.74) is 0.973. The van der Waals surface area contributed by atoms with Crippen LogP contribution in [0.3, 0.4) is 0 Å². The van der Waals surface area contributed by atoms with Crippen LogP contribution >= 0.6 is 0 Å². The molecular formula is C23H31N3O7S. The van der Waals surface area contributed by atoms with Crippen LogP contribution in [0.4, 0.5) is 5.69 Å². The molecule has 3 heterocycles. The molecule has 3 aliphatic heterocycles. The highest BCUT2D eigenvalue weighted by molar-refractivity contribution is 7.89. The number of hydrogen-bond donors (Lipinski definition) is 1. The van der Waals surface area contributed by atoms with Crippen molar-refractivity contribution >= 4 is 33.5 Å².